The van der Waals surface area contributed by atoms with Crippen molar-refractivity contribution in [2.24, 2.45) is 0 Å². The molecule has 2 aromatic rings. The largest absolute Gasteiger partial charge is 0.394 e. The number of aliphatic hydroxyl groups excluding tert-OH is 2. The molecule has 0 bridgehead atoms. The first-order chi connectivity index (χ1) is 8.76. The van der Waals surface area contributed by atoms with Crippen LogP contribution in [-0.4, -0.2) is 49.7 Å². The average molecular weight is 255 g/mol. The third-order valence-electron chi connectivity index (χ3n) is 2.19. The van der Waals surface area contributed by atoms with Crippen LogP contribution in [0.2, 0.25) is 0 Å². The Kier molecular flexibility index (Phi) is 3.87. The summed E-state index contributed by atoms with van der Waals surface area (Å²) >= 11 is 0. The molecule has 2 aromatic heterocycles. The van der Waals surface area contributed by atoms with Gasteiger partial charge in [-0.15, -0.1) is 0 Å². The maximum absolute atomic E-state index is 11.6. The summed E-state index contributed by atoms with van der Waals surface area (Å²) in [5.74, 6) is 0.152. The Hall–Kier alpha value is -1.97. The maximum atomic E-state index is 11.6. The van der Waals surface area contributed by atoms with Gasteiger partial charge in [-0.1, -0.05) is 0 Å². The molecule has 0 atom stereocenters. The van der Waals surface area contributed by atoms with Crippen LogP contribution in [0, 0.1) is 0 Å². The number of aromatic amines is 1. The van der Waals surface area contributed by atoms with Crippen molar-refractivity contribution in [2.45, 2.75) is 6.73 Å². The third kappa shape index (κ3) is 2.47. The zero-order chi connectivity index (χ0) is 13.0. The van der Waals surface area contributed by atoms with Crippen molar-refractivity contribution in [3.63, 3.8) is 0 Å². The zero-order valence-corrected chi connectivity index (χ0v) is 9.46. The Morgan fingerprint density at radius 3 is 3.06 bits per heavy atom. The quantitative estimate of drug-likeness (QED) is 0.363. The second kappa shape index (κ2) is 5.58. The van der Waals surface area contributed by atoms with Crippen LogP contribution in [0.25, 0.3) is 11.2 Å². The number of ether oxygens (including phenoxy) is 1. The minimum absolute atomic E-state index is 0.0854. The first-order valence-corrected chi connectivity index (χ1v) is 5.24. The van der Waals surface area contributed by atoms with E-state index in [-0.39, 0.29) is 38.1 Å². The first-order valence-electron chi connectivity index (χ1n) is 5.24. The van der Waals surface area contributed by atoms with E-state index in [9.17, 15) is 4.79 Å². The molecule has 9 nitrogen and oxygen atoms in total. The van der Waals surface area contributed by atoms with Gasteiger partial charge in [0, 0.05) is 0 Å². The van der Waals surface area contributed by atoms with E-state index >= 15 is 0 Å². The van der Waals surface area contributed by atoms with Gasteiger partial charge in [0.05, 0.1) is 19.5 Å². The molecule has 0 aliphatic heterocycles. The van der Waals surface area contributed by atoms with E-state index in [2.05, 4.69) is 20.3 Å². The standard InChI is InChI=1S/C9H13N5O4/c15-1-2-18-5-14-3-10-6-7(14)12-9(11-4-16)13-8(6)17/h3,15-16H,1-2,4-5H2,(H2,11,12,13,17). The Bertz CT molecular complexity index is 578. The van der Waals surface area contributed by atoms with Gasteiger partial charge in [-0.2, -0.15) is 4.98 Å². The van der Waals surface area contributed by atoms with Gasteiger partial charge in [0.15, 0.2) is 11.2 Å². The lowest BCUT2D eigenvalue weighted by Gasteiger charge is -2.05. The van der Waals surface area contributed by atoms with Crippen LogP contribution in [-0.2, 0) is 11.5 Å². The minimum atomic E-state index is -0.406. The summed E-state index contributed by atoms with van der Waals surface area (Å²) < 4.78 is 6.66. The number of nitrogens with one attached hydrogen (secondary N) is 2. The van der Waals surface area contributed by atoms with Gasteiger partial charge in [0.1, 0.15) is 13.5 Å². The summed E-state index contributed by atoms with van der Waals surface area (Å²) in [4.78, 5) is 22.1. The summed E-state index contributed by atoms with van der Waals surface area (Å²) in [5, 5.41) is 19.8. The van der Waals surface area contributed by atoms with Crippen molar-refractivity contribution >= 4 is 17.1 Å². The van der Waals surface area contributed by atoms with Crippen molar-refractivity contribution in [3.8, 4) is 0 Å². The van der Waals surface area contributed by atoms with Crippen molar-refractivity contribution in [1.29, 1.82) is 0 Å². The molecule has 0 aliphatic rings. The lowest BCUT2D eigenvalue weighted by Crippen LogP contribution is -2.15. The van der Waals surface area contributed by atoms with Gasteiger partial charge in [-0.3, -0.25) is 14.3 Å². The molecular weight excluding hydrogens is 242 g/mol. The van der Waals surface area contributed by atoms with Gasteiger partial charge in [0.2, 0.25) is 5.95 Å². The number of anilines is 1. The van der Waals surface area contributed by atoms with E-state index in [0.29, 0.717) is 5.65 Å². The Labute approximate surface area is 101 Å². The second-order valence-corrected chi connectivity index (χ2v) is 3.40. The van der Waals surface area contributed by atoms with E-state index in [1.165, 1.54) is 10.9 Å². The van der Waals surface area contributed by atoms with Crippen LogP contribution in [0.4, 0.5) is 5.95 Å². The Balaban J connectivity index is 2.34. The maximum Gasteiger partial charge on any atom is 0.280 e. The van der Waals surface area contributed by atoms with Gasteiger partial charge < -0.3 is 20.3 Å². The number of aliphatic hydroxyl groups is 2. The SMILES string of the molecule is O=c1[nH]c(NCO)nc2c1ncn2COCCO. The lowest BCUT2D eigenvalue weighted by molar-refractivity contribution is 0.0499. The molecule has 0 aromatic carbocycles. The number of rotatable bonds is 6. The highest BCUT2D eigenvalue weighted by atomic mass is 16.5. The molecule has 2 heterocycles. The molecule has 0 fully saturated rings. The molecule has 0 unspecified atom stereocenters. The Morgan fingerprint density at radius 2 is 2.33 bits per heavy atom. The van der Waals surface area contributed by atoms with E-state index in [0.717, 1.165) is 0 Å². The molecule has 0 radical (unpaired) electrons. The summed E-state index contributed by atoms with van der Waals surface area (Å²) in [6.07, 6.45) is 1.42. The molecule has 0 spiro atoms. The molecule has 18 heavy (non-hydrogen) atoms. The van der Waals surface area contributed by atoms with Crippen LogP contribution in [0.3, 0.4) is 0 Å². The van der Waals surface area contributed by atoms with Gasteiger partial charge >= 0.3 is 0 Å². The van der Waals surface area contributed by atoms with E-state index in [1.807, 2.05) is 0 Å². The Morgan fingerprint density at radius 1 is 1.50 bits per heavy atom. The first kappa shape index (κ1) is 12.5. The second-order valence-electron chi connectivity index (χ2n) is 3.40. The number of imidazole rings is 1. The van der Waals surface area contributed by atoms with Crippen LogP contribution >= 0.6 is 0 Å². The van der Waals surface area contributed by atoms with Crippen molar-refractivity contribution in [3.05, 3.63) is 16.7 Å². The van der Waals surface area contributed by atoms with Crippen molar-refractivity contribution < 1.29 is 14.9 Å². The number of aromatic nitrogens is 4. The van der Waals surface area contributed by atoms with Gasteiger partial charge in [-0.25, -0.2) is 4.98 Å². The summed E-state index contributed by atoms with van der Waals surface area (Å²) in [5.41, 5.74) is 0.121. The number of nitrogens with zero attached hydrogens (tertiary/aromatic N) is 3. The van der Waals surface area contributed by atoms with Crippen LogP contribution in [0.5, 0.6) is 0 Å². The van der Waals surface area contributed by atoms with Gasteiger partial charge in [0.25, 0.3) is 5.56 Å². The van der Waals surface area contributed by atoms with Gasteiger partial charge in [-0.05, 0) is 0 Å². The summed E-state index contributed by atoms with van der Waals surface area (Å²) in [7, 11) is 0. The molecule has 0 saturated carbocycles. The number of H-pyrrole nitrogens is 1. The summed E-state index contributed by atoms with van der Waals surface area (Å²) in [6.45, 7) is -0.113. The fourth-order valence-corrected chi connectivity index (χ4v) is 1.43. The topological polar surface area (TPSA) is 125 Å². The number of fused-ring (bicyclic) bond motifs is 1. The molecule has 0 aliphatic carbocycles. The third-order valence-corrected chi connectivity index (χ3v) is 2.19. The van der Waals surface area contributed by atoms with E-state index < -0.39 is 5.56 Å². The highest BCUT2D eigenvalue weighted by Gasteiger charge is 2.09. The molecular formula is C9H13N5O4. The lowest BCUT2D eigenvalue weighted by atomic mass is 10.5. The van der Waals surface area contributed by atoms with E-state index in [1.54, 1.807) is 0 Å². The molecule has 0 saturated heterocycles. The highest BCUT2D eigenvalue weighted by molar-refractivity contribution is 5.70. The predicted molar refractivity (Wildman–Crippen MR) is 61.9 cm³/mol. The molecule has 9 heteroatoms. The fraction of sp³-hybridized carbons (Fsp3) is 0.444. The van der Waals surface area contributed by atoms with Crippen molar-refractivity contribution in [2.75, 3.05) is 25.3 Å². The number of hydrogen-bond acceptors (Lipinski definition) is 7. The van der Waals surface area contributed by atoms with Crippen molar-refractivity contribution in [1.82, 2.24) is 19.5 Å². The highest BCUT2D eigenvalue weighted by Crippen LogP contribution is 2.07. The average Bonchev–Trinajstić information content (AvgIpc) is 2.74. The predicted octanol–water partition coefficient (Wildman–Crippen LogP) is -1.55. The molecule has 98 valence electrons. The fourth-order valence-electron chi connectivity index (χ4n) is 1.43. The number of hydrogen-bond donors (Lipinski definition) is 4. The minimum Gasteiger partial charge on any atom is -0.394 e. The molecule has 4 N–H and O–H groups in total. The molecule has 2 rings (SSSR count). The van der Waals surface area contributed by atoms with E-state index in [4.69, 9.17) is 14.9 Å². The monoisotopic (exact) mass is 255 g/mol. The van der Waals surface area contributed by atoms with Crippen LogP contribution < -0.4 is 10.9 Å². The molecule has 0 amide bonds. The summed E-state index contributed by atoms with van der Waals surface area (Å²) in [6, 6.07) is 0. The zero-order valence-electron chi connectivity index (χ0n) is 9.46. The van der Waals surface area contributed by atoms with Crippen LogP contribution in [0.15, 0.2) is 11.1 Å². The smallest absolute Gasteiger partial charge is 0.280 e. The van der Waals surface area contributed by atoms with Crippen LogP contribution in [0.1, 0.15) is 0 Å². The normalized spacial score (nSPS) is 11.0.